The largest absolute Gasteiger partial charge is 0.438 e. The Balaban J connectivity index is 2.77. The monoisotopic (exact) mass is 296 g/mol. The molecule has 0 radical (unpaired) electrons. The molecular weight excluding hydrogens is 277 g/mol. The quantitative estimate of drug-likeness (QED) is 0.551. The molecule has 116 valence electrons. The Labute approximate surface area is 115 Å². The van der Waals surface area contributed by atoms with Gasteiger partial charge in [-0.05, 0) is 0 Å². The minimum Gasteiger partial charge on any atom is -0.438 e. The number of hydrogen-bond acceptors (Lipinski definition) is 3. The Morgan fingerprint density at radius 2 is 1.80 bits per heavy atom. The van der Waals surface area contributed by atoms with E-state index in [0.29, 0.717) is 32.1 Å². The Morgan fingerprint density at radius 1 is 1.25 bits per heavy atom. The SMILES string of the molecule is CC(C)(C)C(=NC(=O)OCC(F)(F)F)N1CCOCC1. The second-order valence-corrected chi connectivity index (χ2v) is 5.45. The molecule has 1 aliphatic heterocycles. The molecule has 0 saturated carbocycles. The van der Waals surface area contributed by atoms with Crippen LogP contribution in [0.1, 0.15) is 20.8 Å². The Morgan fingerprint density at radius 3 is 2.25 bits per heavy atom. The van der Waals surface area contributed by atoms with Gasteiger partial charge < -0.3 is 14.4 Å². The molecule has 1 aliphatic rings. The number of ether oxygens (including phenoxy) is 2. The third kappa shape index (κ3) is 5.77. The van der Waals surface area contributed by atoms with Crippen molar-refractivity contribution in [3.05, 3.63) is 0 Å². The summed E-state index contributed by atoms with van der Waals surface area (Å²) in [6.45, 7) is 5.94. The minimum absolute atomic E-state index is 0.410. The average molecular weight is 296 g/mol. The first-order chi connectivity index (χ1) is 9.09. The number of hydrogen-bond donors (Lipinski definition) is 0. The first-order valence-corrected chi connectivity index (χ1v) is 6.25. The van der Waals surface area contributed by atoms with Gasteiger partial charge in [0.25, 0.3) is 0 Å². The standard InChI is InChI=1S/C12H19F3N2O3/c1-11(2,3)9(17-4-6-19-7-5-17)16-10(18)20-8-12(13,14)15/h4-8H2,1-3H3. The smallest absolute Gasteiger partial charge is 0.435 e. The number of nitrogens with zero attached hydrogens (tertiary/aromatic N) is 2. The molecule has 0 N–H and O–H groups in total. The lowest BCUT2D eigenvalue weighted by atomic mass is 9.93. The fourth-order valence-corrected chi connectivity index (χ4v) is 1.75. The summed E-state index contributed by atoms with van der Waals surface area (Å²) in [5, 5.41) is 0. The summed E-state index contributed by atoms with van der Waals surface area (Å²) in [6, 6.07) is 0. The Kier molecular flexibility index (Phi) is 5.38. The highest BCUT2D eigenvalue weighted by Gasteiger charge is 2.31. The van der Waals surface area contributed by atoms with Gasteiger partial charge in [0.05, 0.1) is 13.2 Å². The van der Waals surface area contributed by atoms with E-state index in [2.05, 4.69) is 9.73 Å². The van der Waals surface area contributed by atoms with Gasteiger partial charge in [0.2, 0.25) is 0 Å². The molecule has 20 heavy (non-hydrogen) atoms. The molecule has 0 aromatic carbocycles. The molecule has 0 bridgehead atoms. The maximum Gasteiger partial charge on any atom is 0.435 e. The van der Waals surface area contributed by atoms with E-state index in [4.69, 9.17) is 4.74 Å². The third-order valence-electron chi connectivity index (χ3n) is 2.54. The van der Waals surface area contributed by atoms with E-state index < -0.39 is 24.3 Å². The van der Waals surface area contributed by atoms with Crippen LogP contribution < -0.4 is 0 Å². The predicted octanol–water partition coefficient (Wildman–Crippen LogP) is 2.46. The first kappa shape index (κ1) is 16.7. The number of alkyl halides is 3. The zero-order valence-corrected chi connectivity index (χ0v) is 11.8. The molecular formula is C12H19F3N2O3. The predicted molar refractivity (Wildman–Crippen MR) is 66.7 cm³/mol. The van der Waals surface area contributed by atoms with Crippen LogP contribution in [0.25, 0.3) is 0 Å². The summed E-state index contributed by atoms with van der Waals surface area (Å²) in [7, 11) is 0. The molecule has 8 heteroatoms. The fourth-order valence-electron chi connectivity index (χ4n) is 1.75. The zero-order valence-electron chi connectivity index (χ0n) is 11.8. The van der Waals surface area contributed by atoms with Gasteiger partial charge in [0.1, 0.15) is 5.84 Å². The van der Waals surface area contributed by atoms with Crippen molar-refractivity contribution in [2.24, 2.45) is 10.4 Å². The number of morpholine rings is 1. The number of amides is 1. The second-order valence-electron chi connectivity index (χ2n) is 5.45. The molecule has 1 saturated heterocycles. The van der Waals surface area contributed by atoms with Crippen LogP contribution in [-0.2, 0) is 9.47 Å². The molecule has 1 amide bonds. The lowest BCUT2D eigenvalue weighted by Gasteiger charge is -2.35. The number of rotatable bonds is 1. The minimum atomic E-state index is -4.55. The summed E-state index contributed by atoms with van der Waals surface area (Å²) in [4.78, 5) is 17.0. The number of aliphatic imine (C=N–C) groups is 1. The van der Waals surface area contributed by atoms with Gasteiger partial charge in [-0.1, -0.05) is 20.8 Å². The van der Waals surface area contributed by atoms with Crippen LogP contribution in [0.4, 0.5) is 18.0 Å². The molecule has 0 atom stereocenters. The maximum absolute atomic E-state index is 12.0. The van der Waals surface area contributed by atoms with Crippen molar-refractivity contribution in [3.8, 4) is 0 Å². The lowest BCUT2D eigenvalue weighted by Crippen LogP contribution is -2.46. The molecule has 1 fully saturated rings. The molecule has 0 aromatic heterocycles. The van der Waals surface area contributed by atoms with Gasteiger partial charge in [-0.2, -0.15) is 18.2 Å². The van der Waals surface area contributed by atoms with Crippen molar-refractivity contribution < 1.29 is 27.4 Å². The summed E-state index contributed by atoms with van der Waals surface area (Å²) >= 11 is 0. The van der Waals surface area contributed by atoms with Gasteiger partial charge in [-0.15, -0.1) is 0 Å². The molecule has 0 unspecified atom stereocenters. The van der Waals surface area contributed by atoms with Gasteiger partial charge in [0, 0.05) is 18.5 Å². The highest BCUT2D eigenvalue weighted by molar-refractivity contribution is 5.95. The lowest BCUT2D eigenvalue weighted by molar-refractivity contribution is -0.159. The zero-order chi connectivity index (χ0) is 15.4. The third-order valence-corrected chi connectivity index (χ3v) is 2.54. The Bertz CT molecular complexity index is 369. The average Bonchev–Trinajstić information content (AvgIpc) is 2.32. The van der Waals surface area contributed by atoms with Gasteiger partial charge in [-0.25, -0.2) is 4.79 Å². The number of carbonyl (C=O) groups excluding carboxylic acids is 1. The van der Waals surface area contributed by atoms with E-state index in [1.807, 2.05) is 25.7 Å². The Hall–Kier alpha value is -1.31. The van der Waals surface area contributed by atoms with Crippen molar-refractivity contribution in [3.63, 3.8) is 0 Å². The summed E-state index contributed by atoms with van der Waals surface area (Å²) in [6.07, 6.45) is -5.77. The van der Waals surface area contributed by atoms with Crippen LogP contribution in [0.5, 0.6) is 0 Å². The molecule has 1 rings (SSSR count). The van der Waals surface area contributed by atoms with Crippen molar-refractivity contribution in [1.29, 1.82) is 0 Å². The van der Waals surface area contributed by atoms with E-state index in [9.17, 15) is 18.0 Å². The van der Waals surface area contributed by atoms with Gasteiger partial charge >= 0.3 is 12.3 Å². The van der Waals surface area contributed by atoms with Crippen molar-refractivity contribution in [1.82, 2.24) is 4.90 Å². The van der Waals surface area contributed by atoms with Crippen molar-refractivity contribution in [2.45, 2.75) is 26.9 Å². The van der Waals surface area contributed by atoms with Crippen LogP contribution >= 0.6 is 0 Å². The van der Waals surface area contributed by atoms with E-state index in [1.54, 1.807) is 0 Å². The summed E-state index contributed by atoms with van der Waals surface area (Å²) < 4.78 is 45.3. The van der Waals surface area contributed by atoms with E-state index in [-0.39, 0.29) is 0 Å². The summed E-state index contributed by atoms with van der Waals surface area (Å²) in [5.41, 5.74) is -0.478. The topological polar surface area (TPSA) is 51.1 Å². The maximum atomic E-state index is 12.0. The van der Waals surface area contributed by atoms with Crippen molar-refractivity contribution in [2.75, 3.05) is 32.9 Å². The second kappa shape index (κ2) is 6.43. The van der Waals surface area contributed by atoms with Crippen LogP contribution in [-0.4, -0.2) is 55.9 Å². The van der Waals surface area contributed by atoms with Crippen LogP contribution in [0.3, 0.4) is 0 Å². The highest BCUT2D eigenvalue weighted by atomic mass is 19.4. The van der Waals surface area contributed by atoms with Gasteiger partial charge in [-0.3, -0.25) is 0 Å². The molecule has 0 aromatic rings. The van der Waals surface area contributed by atoms with Crippen LogP contribution in [0, 0.1) is 5.41 Å². The van der Waals surface area contributed by atoms with Gasteiger partial charge in [0.15, 0.2) is 6.61 Å². The van der Waals surface area contributed by atoms with Crippen molar-refractivity contribution >= 4 is 11.9 Å². The van der Waals surface area contributed by atoms with Crippen LogP contribution in [0.2, 0.25) is 0 Å². The highest BCUT2D eigenvalue weighted by Crippen LogP contribution is 2.21. The number of carbonyl (C=O) groups is 1. The first-order valence-electron chi connectivity index (χ1n) is 6.25. The molecule has 1 heterocycles. The summed E-state index contributed by atoms with van der Waals surface area (Å²) in [5.74, 6) is 0.410. The normalized spacial score (nSPS) is 18.1. The van der Waals surface area contributed by atoms with E-state index in [1.165, 1.54) is 0 Å². The number of halogens is 3. The molecule has 5 nitrogen and oxygen atoms in total. The van der Waals surface area contributed by atoms with Crippen LogP contribution in [0.15, 0.2) is 4.99 Å². The fraction of sp³-hybridized carbons (Fsp3) is 0.833. The molecule has 0 aliphatic carbocycles. The number of amidine groups is 1. The van der Waals surface area contributed by atoms with E-state index in [0.717, 1.165) is 0 Å². The molecule has 0 spiro atoms. The van der Waals surface area contributed by atoms with E-state index >= 15 is 0 Å².